The molecule has 18 heavy (non-hydrogen) atoms. The molecule has 0 aliphatic carbocycles. The Balaban J connectivity index is 2.10. The maximum Gasteiger partial charge on any atom is 0.120 e. The van der Waals surface area contributed by atoms with Crippen LogP contribution in [-0.4, -0.2) is 7.11 Å². The van der Waals surface area contributed by atoms with Gasteiger partial charge in [-0.2, -0.15) is 0 Å². The summed E-state index contributed by atoms with van der Waals surface area (Å²) in [7, 11) is 1.67. The van der Waals surface area contributed by atoms with E-state index in [1.165, 1.54) is 5.56 Å². The number of benzene rings is 2. The zero-order valence-electron chi connectivity index (χ0n) is 10.5. The molecule has 0 atom stereocenters. The van der Waals surface area contributed by atoms with Crippen LogP contribution in [0.5, 0.6) is 5.75 Å². The molecule has 0 fully saturated rings. The van der Waals surface area contributed by atoms with E-state index in [2.05, 4.69) is 12.2 Å². The first-order valence-corrected chi connectivity index (χ1v) is 6.20. The Kier molecular flexibility index (Phi) is 4.11. The molecular formula is C15H16ClNO. The smallest absolute Gasteiger partial charge is 0.120 e. The minimum atomic E-state index is 0.745. The van der Waals surface area contributed by atoms with Gasteiger partial charge in [0, 0.05) is 23.3 Å². The first kappa shape index (κ1) is 12.8. The van der Waals surface area contributed by atoms with Crippen LogP contribution in [0.1, 0.15) is 11.1 Å². The maximum atomic E-state index is 5.96. The number of hydrogen-bond donors (Lipinski definition) is 1. The summed E-state index contributed by atoms with van der Waals surface area (Å²) in [5.41, 5.74) is 3.43. The largest absolute Gasteiger partial charge is 0.497 e. The average molecular weight is 262 g/mol. The molecule has 0 saturated carbocycles. The predicted molar refractivity (Wildman–Crippen MR) is 76.5 cm³/mol. The van der Waals surface area contributed by atoms with Crippen molar-refractivity contribution in [3.05, 3.63) is 58.6 Å². The standard InChI is InChI=1S/C15H16ClNO/c1-11-6-7-14(18-2)9-15(11)17-10-12-4-3-5-13(16)8-12/h3-9,17H,10H2,1-2H3. The van der Waals surface area contributed by atoms with E-state index in [1.807, 2.05) is 42.5 Å². The van der Waals surface area contributed by atoms with Gasteiger partial charge in [0.15, 0.2) is 0 Å². The van der Waals surface area contributed by atoms with Crippen LogP contribution in [0.3, 0.4) is 0 Å². The first-order chi connectivity index (χ1) is 8.69. The van der Waals surface area contributed by atoms with Crippen LogP contribution in [0, 0.1) is 6.92 Å². The third-order valence-corrected chi connectivity index (χ3v) is 3.05. The number of aryl methyl sites for hydroxylation is 1. The molecule has 0 saturated heterocycles. The van der Waals surface area contributed by atoms with Crippen molar-refractivity contribution in [2.45, 2.75) is 13.5 Å². The Hall–Kier alpha value is -1.67. The molecule has 0 amide bonds. The van der Waals surface area contributed by atoms with E-state index < -0.39 is 0 Å². The molecule has 3 heteroatoms. The number of methoxy groups -OCH3 is 1. The topological polar surface area (TPSA) is 21.3 Å². The molecule has 0 aliphatic heterocycles. The lowest BCUT2D eigenvalue weighted by molar-refractivity contribution is 0.415. The van der Waals surface area contributed by atoms with E-state index in [4.69, 9.17) is 16.3 Å². The van der Waals surface area contributed by atoms with Crippen molar-refractivity contribution in [1.29, 1.82) is 0 Å². The molecular weight excluding hydrogens is 246 g/mol. The average Bonchev–Trinajstić information content (AvgIpc) is 2.38. The minimum absolute atomic E-state index is 0.745. The third-order valence-electron chi connectivity index (χ3n) is 2.82. The maximum absolute atomic E-state index is 5.96. The van der Waals surface area contributed by atoms with E-state index in [1.54, 1.807) is 7.11 Å². The summed E-state index contributed by atoms with van der Waals surface area (Å²) in [4.78, 5) is 0. The van der Waals surface area contributed by atoms with Gasteiger partial charge >= 0.3 is 0 Å². The lowest BCUT2D eigenvalue weighted by Crippen LogP contribution is -2.01. The second kappa shape index (κ2) is 5.78. The molecule has 94 valence electrons. The molecule has 0 unspecified atom stereocenters. The zero-order valence-corrected chi connectivity index (χ0v) is 11.3. The molecule has 2 aromatic rings. The highest BCUT2D eigenvalue weighted by atomic mass is 35.5. The number of hydrogen-bond acceptors (Lipinski definition) is 2. The highest BCUT2D eigenvalue weighted by Crippen LogP contribution is 2.22. The van der Waals surface area contributed by atoms with Gasteiger partial charge in [0.1, 0.15) is 5.75 Å². The van der Waals surface area contributed by atoms with E-state index in [0.29, 0.717) is 0 Å². The van der Waals surface area contributed by atoms with Crippen molar-refractivity contribution < 1.29 is 4.74 Å². The van der Waals surface area contributed by atoms with Crippen LogP contribution < -0.4 is 10.1 Å². The summed E-state index contributed by atoms with van der Waals surface area (Å²) in [5.74, 6) is 0.856. The third kappa shape index (κ3) is 3.17. The van der Waals surface area contributed by atoms with Gasteiger partial charge < -0.3 is 10.1 Å². The SMILES string of the molecule is COc1ccc(C)c(NCc2cccc(Cl)c2)c1. The molecule has 2 aromatic carbocycles. The highest BCUT2D eigenvalue weighted by Gasteiger charge is 2.01. The fraction of sp³-hybridized carbons (Fsp3) is 0.200. The molecule has 2 nitrogen and oxygen atoms in total. The summed E-state index contributed by atoms with van der Waals surface area (Å²) in [6, 6.07) is 13.8. The Bertz CT molecular complexity index is 540. The summed E-state index contributed by atoms with van der Waals surface area (Å²) < 4.78 is 5.22. The lowest BCUT2D eigenvalue weighted by atomic mass is 10.1. The Labute approximate surface area is 113 Å². The van der Waals surface area contributed by atoms with Crippen molar-refractivity contribution in [3.8, 4) is 5.75 Å². The number of nitrogens with one attached hydrogen (secondary N) is 1. The number of anilines is 1. The van der Waals surface area contributed by atoms with Crippen molar-refractivity contribution in [3.63, 3.8) is 0 Å². The van der Waals surface area contributed by atoms with Gasteiger partial charge in [0.25, 0.3) is 0 Å². The fourth-order valence-electron chi connectivity index (χ4n) is 1.76. The van der Waals surface area contributed by atoms with Crippen molar-refractivity contribution in [1.82, 2.24) is 0 Å². The molecule has 0 bridgehead atoms. The van der Waals surface area contributed by atoms with Crippen LogP contribution in [-0.2, 0) is 6.54 Å². The lowest BCUT2D eigenvalue weighted by Gasteiger charge is -2.11. The van der Waals surface area contributed by atoms with E-state index in [9.17, 15) is 0 Å². The molecule has 0 heterocycles. The summed E-state index contributed by atoms with van der Waals surface area (Å²) in [6.45, 7) is 2.81. The van der Waals surface area contributed by atoms with Gasteiger partial charge in [0.2, 0.25) is 0 Å². The zero-order chi connectivity index (χ0) is 13.0. The number of ether oxygens (including phenoxy) is 1. The van der Waals surface area contributed by atoms with Crippen LogP contribution in [0.2, 0.25) is 5.02 Å². The van der Waals surface area contributed by atoms with Crippen molar-refractivity contribution in [2.24, 2.45) is 0 Å². The Morgan fingerprint density at radius 2 is 2.00 bits per heavy atom. The summed E-state index contributed by atoms with van der Waals surface area (Å²) in [6.07, 6.45) is 0. The summed E-state index contributed by atoms with van der Waals surface area (Å²) in [5, 5.41) is 4.15. The van der Waals surface area contributed by atoms with Crippen LogP contribution in [0.25, 0.3) is 0 Å². The molecule has 0 radical (unpaired) electrons. The van der Waals surface area contributed by atoms with Gasteiger partial charge in [-0.25, -0.2) is 0 Å². The second-order valence-electron chi connectivity index (χ2n) is 4.16. The monoisotopic (exact) mass is 261 g/mol. The molecule has 0 aliphatic rings. The fourth-order valence-corrected chi connectivity index (χ4v) is 1.98. The first-order valence-electron chi connectivity index (χ1n) is 5.82. The number of rotatable bonds is 4. The number of halogens is 1. The minimum Gasteiger partial charge on any atom is -0.497 e. The van der Waals surface area contributed by atoms with Gasteiger partial charge in [-0.15, -0.1) is 0 Å². The van der Waals surface area contributed by atoms with Gasteiger partial charge in [-0.3, -0.25) is 0 Å². The van der Waals surface area contributed by atoms with Gasteiger partial charge in [-0.05, 0) is 36.2 Å². The quantitative estimate of drug-likeness (QED) is 0.888. The summed E-state index contributed by atoms with van der Waals surface area (Å²) >= 11 is 5.96. The van der Waals surface area contributed by atoms with Crippen LogP contribution in [0.15, 0.2) is 42.5 Å². The molecule has 0 aromatic heterocycles. The van der Waals surface area contributed by atoms with Gasteiger partial charge in [0.05, 0.1) is 7.11 Å². The van der Waals surface area contributed by atoms with Gasteiger partial charge in [-0.1, -0.05) is 29.8 Å². The van der Waals surface area contributed by atoms with Crippen LogP contribution >= 0.6 is 11.6 Å². The normalized spacial score (nSPS) is 10.2. The molecule has 0 spiro atoms. The Morgan fingerprint density at radius 3 is 2.72 bits per heavy atom. The predicted octanol–water partition coefficient (Wildman–Crippen LogP) is 4.27. The highest BCUT2D eigenvalue weighted by molar-refractivity contribution is 6.30. The van der Waals surface area contributed by atoms with E-state index in [0.717, 1.165) is 28.6 Å². The van der Waals surface area contributed by atoms with E-state index >= 15 is 0 Å². The second-order valence-corrected chi connectivity index (χ2v) is 4.60. The van der Waals surface area contributed by atoms with E-state index in [-0.39, 0.29) is 0 Å². The molecule has 2 rings (SSSR count). The molecule has 1 N–H and O–H groups in total. The van der Waals surface area contributed by atoms with Crippen molar-refractivity contribution >= 4 is 17.3 Å². The Morgan fingerprint density at radius 1 is 1.17 bits per heavy atom. The van der Waals surface area contributed by atoms with Crippen LogP contribution in [0.4, 0.5) is 5.69 Å². The van der Waals surface area contributed by atoms with Crippen molar-refractivity contribution in [2.75, 3.05) is 12.4 Å².